The summed E-state index contributed by atoms with van der Waals surface area (Å²) in [6.45, 7) is 7.70. The van der Waals surface area contributed by atoms with Gasteiger partial charge in [0.2, 0.25) is 0 Å². The van der Waals surface area contributed by atoms with Gasteiger partial charge >= 0.3 is 0 Å². The fraction of sp³-hybridized carbons (Fsp3) is 1.00. The van der Waals surface area contributed by atoms with Crippen LogP contribution in [0.15, 0.2) is 0 Å². The quantitative estimate of drug-likeness (QED) is 0.779. The molecule has 0 aromatic heterocycles. The van der Waals surface area contributed by atoms with Gasteiger partial charge in [-0.25, -0.2) is 0 Å². The molecule has 1 rings (SSSR count). The van der Waals surface area contributed by atoms with Crippen molar-refractivity contribution in [2.45, 2.75) is 58.5 Å². The Morgan fingerprint density at radius 3 is 2.18 bits per heavy atom. The number of methoxy groups -OCH3 is 1. The summed E-state index contributed by atoms with van der Waals surface area (Å²) in [6, 6.07) is 0. The molecule has 0 spiro atoms. The monoisotopic (exact) mass is 243 g/mol. The molecule has 1 unspecified atom stereocenters. The summed E-state index contributed by atoms with van der Waals surface area (Å²) in [5, 5.41) is 10.7. The Balaban J connectivity index is 2.75. The van der Waals surface area contributed by atoms with Crippen LogP contribution in [0.3, 0.4) is 0 Å². The highest BCUT2D eigenvalue weighted by Crippen LogP contribution is 2.50. The van der Waals surface area contributed by atoms with Crippen molar-refractivity contribution in [2.75, 3.05) is 20.3 Å². The van der Waals surface area contributed by atoms with Gasteiger partial charge in [0.25, 0.3) is 0 Å². The van der Waals surface area contributed by atoms with Gasteiger partial charge < -0.3 is 15.6 Å². The lowest BCUT2D eigenvalue weighted by atomic mass is 9.58. The normalized spacial score (nSPS) is 26.5. The minimum atomic E-state index is -0.714. The molecule has 0 amide bonds. The van der Waals surface area contributed by atoms with E-state index in [1.165, 1.54) is 0 Å². The minimum absolute atomic E-state index is 0.124. The number of ether oxygens (including phenoxy) is 1. The molecule has 102 valence electrons. The molecule has 17 heavy (non-hydrogen) atoms. The molecule has 3 heteroatoms. The SMILES string of the molecule is COCCC(C)(O)C1(CN)CCC(C)(C)CC1. The fourth-order valence-electron chi connectivity index (χ4n) is 2.93. The van der Waals surface area contributed by atoms with Gasteiger partial charge in [0.15, 0.2) is 0 Å². The van der Waals surface area contributed by atoms with Gasteiger partial charge in [0.1, 0.15) is 0 Å². The zero-order chi connectivity index (χ0) is 13.2. The second kappa shape index (κ2) is 5.25. The van der Waals surface area contributed by atoms with Crippen molar-refractivity contribution in [1.29, 1.82) is 0 Å². The molecule has 0 aliphatic heterocycles. The predicted molar refractivity (Wildman–Crippen MR) is 70.9 cm³/mol. The maximum atomic E-state index is 10.7. The molecule has 3 N–H and O–H groups in total. The van der Waals surface area contributed by atoms with E-state index in [4.69, 9.17) is 10.5 Å². The van der Waals surface area contributed by atoms with Gasteiger partial charge in [-0.1, -0.05) is 13.8 Å². The Labute approximate surface area is 106 Å². The summed E-state index contributed by atoms with van der Waals surface area (Å²) in [7, 11) is 1.68. The molecule has 0 radical (unpaired) electrons. The van der Waals surface area contributed by atoms with Crippen molar-refractivity contribution in [3.05, 3.63) is 0 Å². The van der Waals surface area contributed by atoms with Gasteiger partial charge in [-0.3, -0.25) is 0 Å². The lowest BCUT2D eigenvalue weighted by molar-refractivity contribution is -0.112. The Bertz CT molecular complexity index is 239. The van der Waals surface area contributed by atoms with E-state index in [-0.39, 0.29) is 5.41 Å². The van der Waals surface area contributed by atoms with Crippen molar-refractivity contribution < 1.29 is 9.84 Å². The van der Waals surface area contributed by atoms with E-state index in [2.05, 4.69) is 13.8 Å². The molecule has 0 heterocycles. The van der Waals surface area contributed by atoms with Crippen LogP contribution in [0.4, 0.5) is 0 Å². The topological polar surface area (TPSA) is 55.5 Å². The van der Waals surface area contributed by atoms with Gasteiger partial charge in [-0.05, 0) is 44.4 Å². The molecule has 0 aromatic rings. The number of hydrogen-bond acceptors (Lipinski definition) is 3. The van der Waals surface area contributed by atoms with E-state index in [0.29, 0.717) is 25.0 Å². The van der Waals surface area contributed by atoms with Crippen LogP contribution in [0.2, 0.25) is 0 Å². The summed E-state index contributed by atoms with van der Waals surface area (Å²) in [6.07, 6.45) is 5.00. The van der Waals surface area contributed by atoms with E-state index >= 15 is 0 Å². The third kappa shape index (κ3) is 3.21. The zero-order valence-electron chi connectivity index (χ0n) is 11.9. The summed E-state index contributed by atoms with van der Waals surface area (Å²) < 4.78 is 5.10. The second-order valence-corrected chi connectivity index (χ2v) is 6.67. The number of hydrogen-bond donors (Lipinski definition) is 2. The molecule has 0 bridgehead atoms. The zero-order valence-corrected chi connectivity index (χ0v) is 11.9. The number of rotatable bonds is 5. The minimum Gasteiger partial charge on any atom is -0.389 e. The van der Waals surface area contributed by atoms with Crippen LogP contribution in [0.5, 0.6) is 0 Å². The molecular formula is C14H29NO2. The smallest absolute Gasteiger partial charge is 0.0709 e. The Morgan fingerprint density at radius 1 is 1.24 bits per heavy atom. The van der Waals surface area contributed by atoms with Crippen LogP contribution >= 0.6 is 0 Å². The molecule has 0 aromatic carbocycles. The van der Waals surface area contributed by atoms with Crippen LogP contribution in [0.1, 0.15) is 52.9 Å². The average Bonchev–Trinajstić information content (AvgIpc) is 2.27. The fourth-order valence-corrected chi connectivity index (χ4v) is 2.93. The van der Waals surface area contributed by atoms with Gasteiger partial charge in [0.05, 0.1) is 5.60 Å². The molecule has 1 saturated carbocycles. The first-order valence-electron chi connectivity index (χ1n) is 6.70. The predicted octanol–water partition coefficient (Wildman–Crippen LogP) is 2.32. The summed E-state index contributed by atoms with van der Waals surface area (Å²) >= 11 is 0. The van der Waals surface area contributed by atoms with Crippen molar-refractivity contribution in [3.63, 3.8) is 0 Å². The van der Waals surface area contributed by atoms with Crippen LogP contribution < -0.4 is 5.73 Å². The van der Waals surface area contributed by atoms with Gasteiger partial charge in [0, 0.05) is 25.7 Å². The molecule has 0 saturated heterocycles. The van der Waals surface area contributed by atoms with Gasteiger partial charge in [-0.15, -0.1) is 0 Å². The molecule has 1 aliphatic rings. The third-order valence-electron chi connectivity index (χ3n) is 4.89. The highest BCUT2D eigenvalue weighted by molar-refractivity contribution is 5.01. The van der Waals surface area contributed by atoms with Gasteiger partial charge in [-0.2, -0.15) is 0 Å². The standard InChI is InChI=1S/C14H29NO2/c1-12(2)5-7-14(11-15,8-6-12)13(3,16)9-10-17-4/h16H,5-11,15H2,1-4H3. The lowest BCUT2D eigenvalue weighted by Crippen LogP contribution is -2.53. The maximum absolute atomic E-state index is 10.7. The molecule has 3 nitrogen and oxygen atoms in total. The van der Waals surface area contributed by atoms with E-state index in [1.807, 2.05) is 6.92 Å². The Hall–Kier alpha value is -0.120. The van der Waals surface area contributed by atoms with Crippen LogP contribution in [-0.2, 0) is 4.74 Å². The van der Waals surface area contributed by atoms with Crippen LogP contribution in [-0.4, -0.2) is 31.0 Å². The van der Waals surface area contributed by atoms with Crippen molar-refractivity contribution in [1.82, 2.24) is 0 Å². The molecular weight excluding hydrogens is 214 g/mol. The maximum Gasteiger partial charge on any atom is 0.0709 e. The highest BCUT2D eigenvalue weighted by atomic mass is 16.5. The molecule has 1 atom stereocenters. The lowest BCUT2D eigenvalue weighted by Gasteiger charge is -2.51. The molecule has 1 aliphatic carbocycles. The van der Waals surface area contributed by atoms with E-state index in [1.54, 1.807) is 7.11 Å². The molecule has 1 fully saturated rings. The van der Waals surface area contributed by atoms with E-state index in [0.717, 1.165) is 25.7 Å². The number of nitrogens with two attached hydrogens (primary N) is 1. The number of aliphatic hydroxyl groups is 1. The van der Waals surface area contributed by atoms with Crippen molar-refractivity contribution >= 4 is 0 Å². The van der Waals surface area contributed by atoms with E-state index < -0.39 is 5.60 Å². The Kier molecular flexibility index (Phi) is 4.61. The highest BCUT2D eigenvalue weighted by Gasteiger charge is 2.48. The summed E-state index contributed by atoms with van der Waals surface area (Å²) in [4.78, 5) is 0. The first-order chi connectivity index (χ1) is 7.79. The summed E-state index contributed by atoms with van der Waals surface area (Å²) in [5.74, 6) is 0. The average molecular weight is 243 g/mol. The largest absolute Gasteiger partial charge is 0.389 e. The van der Waals surface area contributed by atoms with Crippen LogP contribution in [0.25, 0.3) is 0 Å². The third-order valence-corrected chi connectivity index (χ3v) is 4.89. The van der Waals surface area contributed by atoms with Crippen molar-refractivity contribution in [3.8, 4) is 0 Å². The first kappa shape index (κ1) is 14.9. The first-order valence-corrected chi connectivity index (χ1v) is 6.70. The Morgan fingerprint density at radius 2 is 1.76 bits per heavy atom. The summed E-state index contributed by atoms with van der Waals surface area (Å²) in [5.41, 5.74) is 5.54. The van der Waals surface area contributed by atoms with Crippen LogP contribution in [0, 0.1) is 10.8 Å². The van der Waals surface area contributed by atoms with E-state index in [9.17, 15) is 5.11 Å². The second-order valence-electron chi connectivity index (χ2n) is 6.67. The van der Waals surface area contributed by atoms with Crippen molar-refractivity contribution in [2.24, 2.45) is 16.6 Å².